The number of rotatable bonds is 7. The molecule has 0 unspecified atom stereocenters. The number of ether oxygens (including phenoxy) is 1. The number of benzene rings is 3. The summed E-state index contributed by atoms with van der Waals surface area (Å²) in [4.78, 5) is 11.1. The van der Waals surface area contributed by atoms with Crippen LogP contribution in [0.15, 0.2) is 65.6 Å². The monoisotopic (exact) mass is 465 g/mol. The minimum Gasteiger partial charge on any atom is -0.482 e. The van der Waals surface area contributed by atoms with Crippen molar-refractivity contribution in [2.24, 2.45) is 0 Å². The molecular weight excluding hydrogens is 438 g/mol. The van der Waals surface area contributed by atoms with Gasteiger partial charge in [-0.15, -0.1) is 0 Å². The minimum absolute atomic E-state index is 0.214. The zero-order valence-corrected chi connectivity index (χ0v) is 19.5. The van der Waals surface area contributed by atoms with Crippen LogP contribution in [0.5, 0.6) is 5.75 Å². The first kappa shape index (κ1) is 23.0. The Kier molecular flexibility index (Phi) is 6.54. The average molecular weight is 466 g/mol. The van der Waals surface area contributed by atoms with E-state index in [4.69, 9.17) is 9.84 Å². The molecule has 3 aromatic carbocycles. The quantitative estimate of drug-likeness (QED) is 0.523. The molecule has 0 radical (unpaired) electrons. The predicted molar refractivity (Wildman–Crippen MR) is 127 cm³/mol. The minimum atomic E-state index is -3.78. The largest absolute Gasteiger partial charge is 0.482 e. The van der Waals surface area contributed by atoms with Crippen LogP contribution in [-0.2, 0) is 21.2 Å². The third-order valence-corrected chi connectivity index (χ3v) is 7.64. The van der Waals surface area contributed by atoms with Crippen molar-refractivity contribution in [3.8, 4) is 16.9 Å². The molecule has 0 saturated heterocycles. The van der Waals surface area contributed by atoms with Crippen LogP contribution in [0.1, 0.15) is 41.1 Å². The highest BCUT2D eigenvalue weighted by Gasteiger charge is 2.28. The summed E-state index contributed by atoms with van der Waals surface area (Å²) in [6.07, 6.45) is 2.15. The van der Waals surface area contributed by atoms with Crippen LogP contribution < -0.4 is 9.46 Å². The van der Waals surface area contributed by atoms with Crippen molar-refractivity contribution < 1.29 is 23.1 Å². The number of aliphatic carboxylic acids is 1. The van der Waals surface area contributed by atoms with E-state index in [1.54, 1.807) is 30.3 Å². The number of carboxylic acids is 1. The van der Waals surface area contributed by atoms with Gasteiger partial charge in [0.2, 0.25) is 10.0 Å². The van der Waals surface area contributed by atoms with Crippen molar-refractivity contribution in [2.45, 2.75) is 44.0 Å². The number of fused-ring (bicyclic) bond motifs is 1. The third-order valence-electron chi connectivity index (χ3n) is 6.17. The summed E-state index contributed by atoms with van der Waals surface area (Å²) in [5.74, 6) is -0.555. The molecule has 0 aromatic heterocycles. The molecule has 0 heterocycles. The van der Waals surface area contributed by atoms with Crippen LogP contribution in [0.4, 0.5) is 0 Å². The van der Waals surface area contributed by atoms with E-state index in [9.17, 15) is 13.2 Å². The highest BCUT2D eigenvalue weighted by molar-refractivity contribution is 7.89. The van der Waals surface area contributed by atoms with Crippen molar-refractivity contribution in [1.29, 1.82) is 0 Å². The van der Waals surface area contributed by atoms with Crippen LogP contribution in [-0.4, -0.2) is 26.1 Å². The summed E-state index contributed by atoms with van der Waals surface area (Å²) < 4.78 is 35.0. The predicted octanol–water partition coefficient (Wildman–Crippen LogP) is 4.79. The Bertz CT molecular complexity index is 1300. The zero-order chi connectivity index (χ0) is 23.6. The highest BCUT2D eigenvalue weighted by atomic mass is 32.2. The van der Waals surface area contributed by atoms with E-state index >= 15 is 0 Å². The first-order valence-electron chi connectivity index (χ1n) is 10.9. The molecule has 0 saturated carbocycles. The number of carboxylic acid groups (broad SMARTS) is 1. The fraction of sp³-hybridized carbons (Fsp3) is 0.269. The van der Waals surface area contributed by atoms with E-state index in [0.717, 1.165) is 39.8 Å². The lowest BCUT2D eigenvalue weighted by atomic mass is 9.87. The van der Waals surface area contributed by atoms with E-state index in [2.05, 4.69) is 4.72 Å². The van der Waals surface area contributed by atoms with Crippen LogP contribution in [0, 0.1) is 13.8 Å². The summed E-state index contributed by atoms with van der Waals surface area (Å²) in [5.41, 5.74) is 5.83. The van der Waals surface area contributed by atoms with Gasteiger partial charge in [-0.2, -0.15) is 0 Å². The molecule has 33 heavy (non-hydrogen) atoms. The molecule has 6 nitrogen and oxygen atoms in total. The van der Waals surface area contributed by atoms with Gasteiger partial charge in [-0.25, -0.2) is 17.9 Å². The average Bonchev–Trinajstić information content (AvgIpc) is 2.79. The SMILES string of the molecule is Cc1cccc(-c2cccc(S(=O)(=O)N[C@@H]3CCCc4c(OCC(=O)O)cccc43)c2)c1C. The Morgan fingerprint density at radius 1 is 1.09 bits per heavy atom. The topological polar surface area (TPSA) is 92.7 Å². The fourth-order valence-electron chi connectivity index (χ4n) is 4.36. The first-order chi connectivity index (χ1) is 15.8. The van der Waals surface area contributed by atoms with Crippen LogP contribution in [0.3, 0.4) is 0 Å². The summed E-state index contributed by atoms with van der Waals surface area (Å²) >= 11 is 0. The van der Waals surface area contributed by atoms with E-state index in [-0.39, 0.29) is 4.90 Å². The van der Waals surface area contributed by atoms with Gasteiger partial charge in [0.15, 0.2) is 6.61 Å². The number of sulfonamides is 1. The lowest BCUT2D eigenvalue weighted by Gasteiger charge is -2.27. The van der Waals surface area contributed by atoms with Gasteiger partial charge in [0.05, 0.1) is 4.90 Å². The normalized spacial score (nSPS) is 15.6. The van der Waals surface area contributed by atoms with Crippen molar-refractivity contribution in [3.63, 3.8) is 0 Å². The molecule has 3 aromatic rings. The van der Waals surface area contributed by atoms with Crippen molar-refractivity contribution in [1.82, 2.24) is 4.72 Å². The Morgan fingerprint density at radius 3 is 2.64 bits per heavy atom. The van der Waals surface area contributed by atoms with Crippen LogP contribution >= 0.6 is 0 Å². The van der Waals surface area contributed by atoms with E-state index in [1.165, 1.54) is 0 Å². The lowest BCUT2D eigenvalue weighted by molar-refractivity contribution is -0.139. The number of nitrogens with one attached hydrogen (secondary N) is 1. The van der Waals surface area contributed by atoms with Gasteiger partial charge in [-0.1, -0.05) is 42.5 Å². The Labute approximate surface area is 194 Å². The Balaban J connectivity index is 1.63. The van der Waals surface area contributed by atoms with Crippen molar-refractivity contribution >= 4 is 16.0 Å². The van der Waals surface area contributed by atoms with Gasteiger partial charge in [0, 0.05) is 6.04 Å². The lowest BCUT2D eigenvalue weighted by Crippen LogP contribution is -2.31. The van der Waals surface area contributed by atoms with Gasteiger partial charge in [0.1, 0.15) is 5.75 Å². The number of hydrogen-bond donors (Lipinski definition) is 2. The first-order valence-corrected chi connectivity index (χ1v) is 12.4. The second-order valence-corrected chi connectivity index (χ2v) is 10.1. The zero-order valence-electron chi connectivity index (χ0n) is 18.7. The maximum Gasteiger partial charge on any atom is 0.341 e. The second-order valence-electron chi connectivity index (χ2n) is 8.35. The third kappa shape index (κ3) is 4.94. The van der Waals surface area contributed by atoms with Gasteiger partial charge in [0.25, 0.3) is 0 Å². The molecular formula is C26H27NO5S. The van der Waals surface area contributed by atoms with Gasteiger partial charge >= 0.3 is 5.97 Å². The summed E-state index contributed by atoms with van der Waals surface area (Å²) in [6.45, 7) is 3.64. The molecule has 172 valence electrons. The Hall–Kier alpha value is -3.16. The second kappa shape index (κ2) is 9.37. The maximum atomic E-state index is 13.3. The van der Waals surface area contributed by atoms with Gasteiger partial charge in [-0.3, -0.25) is 0 Å². The molecule has 0 fully saturated rings. The van der Waals surface area contributed by atoms with E-state index in [0.29, 0.717) is 18.6 Å². The van der Waals surface area contributed by atoms with Crippen LogP contribution in [0.25, 0.3) is 11.1 Å². The number of aryl methyl sites for hydroxylation is 1. The molecule has 0 bridgehead atoms. The van der Waals surface area contributed by atoms with Crippen molar-refractivity contribution in [2.75, 3.05) is 6.61 Å². The summed E-state index contributed by atoms with van der Waals surface area (Å²) in [5, 5.41) is 8.93. The molecule has 1 aliphatic carbocycles. The van der Waals surface area contributed by atoms with E-state index in [1.807, 2.05) is 44.2 Å². The fourth-order valence-corrected chi connectivity index (χ4v) is 5.66. The van der Waals surface area contributed by atoms with Crippen LogP contribution in [0.2, 0.25) is 0 Å². The molecule has 0 spiro atoms. The molecule has 0 amide bonds. The standard InChI is InChI=1S/C26H27NO5S/c1-17-7-3-10-21(18(17)2)19-8-4-9-20(15-19)33(30,31)27-24-13-5-12-23-22(24)11-6-14-25(23)32-16-26(28)29/h3-4,6-11,14-15,24,27H,5,12-13,16H2,1-2H3,(H,28,29)/t24-/m1/s1. The molecule has 0 aliphatic heterocycles. The van der Waals surface area contributed by atoms with Crippen molar-refractivity contribution in [3.05, 3.63) is 82.9 Å². The van der Waals surface area contributed by atoms with Gasteiger partial charge < -0.3 is 9.84 Å². The van der Waals surface area contributed by atoms with Gasteiger partial charge in [-0.05, 0) is 84.7 Å². The molecule has 4 rings (SSSR count). The summed E-state index contributed by atoms with van der Waals surface area (Å²) in [7, 11) is -3.78. The summed E-state index contributed by atoms with van der Waals surface area (Å²) in [6, 6.07) is 18.0. The highest BCUT2D eigenvalue weighted by Crippen LogP contribution is 2.36. The number of hydrogen-bond acceptors (Lipinski definition) is 4. The Morgan fingerprint density at radius 2 is 1.85 bits per heavy atom. The molecule has 1 atom stereocenters. The maximum absolute atomic E-state index is 13.3. The molecule has 1 aliphatic rings. The molecule has 2 N–H and O–H groups in total. The number of carbonyl (C=O) groups is 1. The smallest absolute Gasteiger partial charge is 0.341 e. The van der Waals surface area contributed by atoms with E-state index < -0.39 is 28.6 Å². The molecule has 7 heteroatoms.